The normalized spacial score (nSPS) is 19.9. The Balaban J connectivity index is 2.05. The maximum absolute atomic E-state index is 11.1. The average molecular weight is 287 g/mol. The Morgan fingerprint density at radius 3 is 2.95 bits per heavy atom. The van der Waals surface area contributed by atoms with Gasteiger partial charge in [0.1, 0.15) is 5.52 Å². The molecule has 1 aliphatic heterocycles. The average Bonchev–Trinajstić information content (AvgIpc) is 2.95. The molecule has 0 bridgehead atoms. The first-order valence-electron chi connectivity index (χ1n) is 7.03. The summed E-state index contributed by atoms with van der Waals surface area (Å²) in [6, 6.07) is 6.74. The van der Waals surface area contributed by atoms with E-state index in [-0.39, 0.29) is 22.6 Å². The topological polar surface area (TPSA) is 79.5 Å². The van der Waals surface area contributed by atoms with Gasteiger partial charge < -0.3 is 10.0 Å². The van der Waals surface area contributed by atoms with E-state index in [2.05, 4.69) is 9.88 Å². The van der Waals surface area contributed by atoms with E-state index >= 15 is 0 Å². The summed E-state index contributed by atoms with van der Waals surface area (Å²) in [4.78, 5) is 17.2. The van der Waals surface area contributed by atoms with Crippen molar-refractivity contribution in [3.63, 3.8) is 0 Å². The molecule has 1 N–H and O–H groups in total. The highest BCUT2D eigenvalue weighted by atomic mass is 16.6. The third kappa shape index (κ3) is 2.42. The van der Waals surface area contributed by atoms with Crippen molar-refractivity contribution in [2.45, 2.75) is 19.4 Å². The van der Waals surface area contributed by atoms with Crippen LogP contribution in [0.2, 0.25) is 0 Å². The van der Waals surface area contributed by atoms with Crippen LogP contribution in [0.25, 0.3) is 10.9 Å². The molecule has 2 unspecified atom stereocenters. The van der Waals surface area contributed by atoms with Crippen LogP contribution in [-0.2, 0) is 0 Å². The second-order valence-corrected chi connectivity index (χ2v) is 5.50. The minimum Gasteiger partial charge on any atom is -0.393 e. The largest absolute Gasteiger partial charge is 0.393 e. The number of nitro benzene ring substituents is 1. The number of rotatable bonds is 3. The number of benzene rings is 1. The fourth-order valence-corrected chi connectivity index (χ4v) is 2.96. The Labute approximate surface area is 122 Å². The van der Waals surface area contributed by atoms with Gasteiger partial charge in [0.15, 0.2) is 0 Å². The monoisotopic (exact) mass is 287 g/mol. The van der Waals surface area contributed by atoms with Crippen LogP contribution < -0.4 is 4.90 Å². The minimum absolute atomic E-state index is 0.0770. The molecule has 2 heterocycles. The molecule has 21 heavy (non-hydrogen) atoms. The summed E-state index contributed by atoms with van der Waals surface area (Å²) in [5.41, 5.74) is 1.63. The van der Waals surface area contributed by atoms with E-state index in [9.17, 15) is 15.2 Å². The van der Waals surface area contributed by atoms with E-state index in [1.807, 2.05) is 0 Å². The van der Waals surface area contributed by atoms with E-state index in [4.69, 9.17) is 0 Å². The quantitative estimate of drug-likeness (QED) is 0.692. The molecule has 0 radical (unpaired) electrons. The summed E-state index contributed by atoms with van der Waals surface area (Å²) in [7, 11) is 0. The van der Waals surface area contributed by atoms with Gasteiger partial charge in [-0.05, 0) is 31.5 Å². The molecule has 3 rings (SSSR count). The first-order valence-corrected chi connectivity index (χ1v) is 7.03. The van der Waals surface area contributed by atoms with E-state index in [0.717, 1.165) is 25.2 Å². The van der Waals surface area contributed by atoms with Gasteiger partial charge in [-0.25, -0.2) is 0 Å². The van der Waals surface area contributed by atoms with Gasteiger partial charge in [-0.1, -0.05) is 0 Å². The van der Waals surface area contributed by atoms with E-state index < -0.39 is 0 Å². The zero-order valence-electron chi connectivity index (χ0n) is 11.8. The van der Waals surface area contributed by atoms with Gasteiger partial charge in [0, 0.05) is 31.3 Å². The van der Waals surface area contributed by atoms with Crippen molar-refractivity contribution in [3.05, 3.63) is 40.6 Å². The molecular formula is C15H17N3O3. The van der Waals surface area contributed by atoms with Gasteiger partial charge in [0.2, 0.25) is 0 Å². The molecule has 0 aliphatic carbocycles. The first-order chi connectivity index (χ1) is 10.1. The van der Waals surface area contributed by atoms with Crippen LogP contribution in [0.3, 0.4) is 0 Å². The van der Waals surface area contributed by atoms with Gasteiger partial charge in [-0.3, -0.25) is 15.1 Å². The van der Waals surface area contributed by atoms with E-state index in [1.54, 1.807) is 31.3 Å². The van der Waals surface area contributed by atoms with E-state index in [0.29, 0.717) is 10.9 Å². The highest BCUT2D eigenvalue weighted by Gasteiger charge is 2.28. The third-order valence-corrected chi connectivity index (χ3v) is 4.17. The Morgan fingerprint density at radius 2 is 2.29 bits per heavy atom. The molecule has 2 aromatic rings. The maximum Gasteiger partial charge on any atom is 0.278 e. The summed E-state index contributed by atoms with van der Waals surface area (Å²) >= 11 is 0. The summed E-state index contributed by atoms with van der Waals surface area (Å²) in [5.74, 6) is 0.235. The summed E-state index contributed by atoms with van der Waals surface area (Å²) < 4.78 is 0. The number of hydrogen-bond acceptors (Lipinski definition) is 5. The number of hydrogen-bond donors (Lipinski definition) is 1. The molecule has 1 fully saturated rings. The molecule has 0 amide bonds. The molecule has 1 saturated heterocycles. The fraction of sp³-hybridized carbons (Fsp3) is 0.400. The second-order valence-electron chi connectivity index (χ2n) is 5.50. The second kappa shape index (κ2) is 5.29. The van der Waals surface area contributed by atoms with Gasteiger partial charge in [0.25, 0.3) is 5.69 Å². The van der Waals surface area contributed by atoms with Crippen molar-refractivity contribution in [2.75, 3.05) is 18.0 Å². The summed E-state index contributed by atoms with van der Waals surface area (Å²) in [5, 5.41) is 21.4. The number of fused-ring (bicyclic) bond motifs is 1. The Kier molecular flexibility index (Phi) is 3.47. The highest BCUT2D eigenvalue weighted by molar-refractivity contribution is 5.97. The Bertz CT molecular complexity index is 687. The van der Waals surface area contributed by atoms with Crippen LogP contribution in [0.15, 0.2) is 30.5 Å². The van der Waals surface area contributed by atoms with Crippen LogP contribution in [0.4, 0.5) is 11.4 Å². The molecule has 2 atom stereocenters. The van der Waals surface area contributed by atoms with Crippen LogP contribution in [-0.4, -0.2) is 34.2 Å². The van der Waals surface area contributed by atoms with Crippen molar-refractivity contribution in [1.82, 2.24) is 4.98 Å². The highest BCUT2D eigenvalue weighted by Crippen LogP contribution is 2.34. The lowest BCUT2D eigenvalue weighted by molar-refractivity contribution is -0.383. The molecular weight excluding hydrogens is 270 g/mol. The van der Waals surface area contributed by atoms with Crippen LogP contribution in [0.1, 0.15) is 13.3 Å². The molecule has 6 nitrogen and oxygen atoms in total. The fourth-order valence-electron chi connectivity index (χ4n) is 2.96. The van der Waals surface area contributed by atoms with E-state index in [1.165, 1.54) is 6.07 Å². The third-order valence-electron chi connectivity index (χ3n) is 4.17. The molecule has 0 saturated carbocycles. The van der Waals surface area contributed by atoms with Gasteiger partial charge in [-0.15, -0.1) is 0 Å². The van der Waals surface area contributed by atoms with Crippen molar-refractivity contribution < 1.29 is 10.0 Å². The van der Waals surface area contributed by atoms with Crippen LogP contribution >= 0.6 is 0 Å². The lowest BCUT2D eigenvalue weighted by Gasteiger charge is -2.20. The van der Waals surface area contributed by atoms with Crippen molar-refractivity contribution in [3.8, 4) is 0 Å². The van der Waals surface area contributed by atoms with Crippen molar-refractivity contribution in [1.29, 1.82) is 0 Å². The number of non-ortho nitro benzene ring substituents is 1. The summed E-state index contributed by atoms with van der Waals surface area (Å²) in [6.45, 7) is 3.39. The lowest BCUT2D eigenvalue weighted by atomic mass is 10.0. The molecule has 1 aliphatic rings. The molecule has 110 valence electrons. The first kappa shape index (κ1) is 13.8. The zero-order valence-corrected chi connectivity index (χ0v) is 11.8. The lowest BCUT2D eigenvalue weighted by Crippen LogP contribution is -2.24. The smallest absolute Gasteiger partial charge is 0.278 e. The number of aliphatic hydroxyl groups excluding tert-OH is 1. The number of pyridine rings is 1. The predicted molar refractivity (Wildman–Crippen MR) is 80.4 cm³/mol. The van der Waals surface area contributed by atoms with Crippen molar-refractivity contribution in [2.24, 2.45) is 5.92 Å². The number of nitro groups is 1. The molecule has 1 aromatic heterocycles. The van der Waals surface area contributed by atoms with Crippen LogP contribution in [0, 0.1) is 16.0 Å². The SMILES string of the molecule is CC(O)C1CCN(c2ccc([N+](=O)[O-])c3cccnc23)C1. The van der Waals surface area contributed by atoms with Gasteiger partial charge in [0.05, 0.1) is 22.1 Å². The maximum atomic E-state index is 11.1. The van der Waals surface area contributed by atoms with Gasteiger partial charge in [-0.2, -0.15) is 0 Å². The molecule has 1 aromatic carbocycles. The number of aliphatic hydroxyl groups is 1. The standard InChI is InChI=1S/C15H17N3O3/c1-10(19)11-6-8-17(9-11)14-5-4-13(18(20)21)12-3-2-7-16-15(12)14/h2-5,7,10-11,19H,6,8-9H2,1H3. The van der Waals surface area contributed by atoms with Crippen molar-refractivity contribution >= 4 is 22.3 Å². The molecule has 0 spiro atoms. The predicted octanol–water partition coefficient (Wildman–Crippen LogP) is 2.35. The number of nitrogens with zero attached hydrogens (tertiary/aromatic N) is 3. The Hall–Kier alpha value is -2.21. The minimum atomic E-state index is -0.379. The zero-order chi connectivity index (χ0) is 15.0. The van der Waals surface area contributed by atoms with Gasteiger partial charge >= 0.3 is 0 Å². The Morgan fingerprint density at radius 1 is 1.48 bits per heavy atom. The summed E-state index contributed by atoms with van der Waals surface area (Å²) in [6.07, 6.45) is 2.23. The van der Waals surface area contributed by atoms with Crippen LogP contribution in [0.5, 0.6) is 0 Å². The molecule has 6 heteroatoms. The number of aromatic nitrogens is 1. The number of anilines is 1.